The number of carboxylic acid groups (broad SMARTS) is 2. The number of rotatable bonds is 18. The Morgan fingerprint density at radius 2 is 1.08 bits per heavy atom. The van der Waals surface area contributed by atoms with E-state index in [1.165, 1.54) is 13.8 Å². The highest BCUT2D eigenvalue weighted by Crippen LogP contribution is 2.16. The minimum Gasteiger partial charge on any atom is -0.481 e. The second kappa shape index (κ2) is 26.3. The molecule has 0 aromatic carbocycles. The van der Waals surface area contributed by atoms with Crippen molar-refractivity contribution >= 4 is 47.9 Å². The largest absolute Gasteiger partial charge is 0.537 e. The first kappa shape index (κ1) is 49.6. The van der Waals surface area contributed by atoms with Crippen LogP contribution in [0.15, 0.2) is 0 Å². The summed E-state index contributed by atoms with van der Waals surface area (Å²) in [5.41, 5.74) is 5.41. The molecule has 0 saturated carbocycles. The predicted octanol–water partition coefficient (Wildman–Crippen LogP) is 4.23. The molecule has 5 N–H and O–H groups in total. The van der Waals surface area contributed by atoms with Gasteiger partial charge in [-0.25, -0.2) is 9.59 Å². The molecule has 1 rings (SSSR count). The second-order valence-electron chi connectivity index (χ2n) is 13.6. The van der Waals surface area contributed by atoms with Gasteiger partial charge in [0.15, 0.2) is 0 Å². The van der Waals surface area contributed by atoms with Crippen molar-refractivity contribution in [2.45, 2.75) is 120 Å². The second-order valence-corrected chi connectivity index (χ2v) is 13.6. The SMILES string of the molecule is CC(C)C(=O)O[C@@H](C)OC(=O)ON1C(=O)CCC1=O.CC(C)C[C@H](CN)CC(=O)O.CC(C)C[C@H](CNC(=O)O[C@H](C)OC(=O)C(C)C)CC(=O)O. The van der Waals surface area contributed by atoms with E-state index in [1.807, 2.05) is 13.8 Å². The Morgan fingerprint density at radius 1 is 0.673 bits per heavy atom. The van der Waals surface area contributed by atoms with E-state index in [1.54, 1.807) is 27.7 Å². The quantitative estimate of drug-likeness (QED) is 0.0868. The molecule has 0 spiro atoms. The van der Waals surface area contributed by atoms with Crippen molar-refractivity contribution < 1.29 is 72.4 Å². The van der Waals surface area contributed by atoms with Crippen LogP contribution in [0, 0.1) is 35.5 Å². The van der Waals surface area contributed by atoms with Crippen molar-refractivity contribution in [3.8, 4) is 0 Å². The molecule has 0 radical (unpaired) electrons. The van der Waals surface area contributed by atoms with Gasteiger partial charge in [0, 0.05) is 46.1 Å². The first-order valence-electron chi connectivity index (χ1n) is 17.2. The maximum atomic E-state index is 11.6. The van der Waals surface area contributed by atoms with Crippen molar-refractivity contribution in [1.29, 1.82) is 0 Å². The van der Waals surface area contributed by atoms with E-state index in [0.29, 0.717) is 29.9 Å². The van der Waals surface area contributed by atoms with E-state index in [9.17, 15) is 38.4 Å². The Morgan fingerprint density at radius 3 is 1.46 bits per heavy atom. The molecule has 1 heterocycles. The molecule has 0 unspecified atom stereocenters. The lowest BCUT2D eigenvalue weighted by Crippen LogP contribution is -2.34. The fraction of sp³-hybridized carbons (Fsp3) is 0.765. The van der Waals surface area contributed by atoms with E-state index in [-0.39, 0.29) is 55.9 Å². The van der Waals surface area contributed by atoms with Crippen LogP contribution in [0.25, 0.3) is 0 Å². The highest BCUT2D eigenvalue weighted by molar-refractivity contribution is 6.01. The zero-order valence-corrected chi connectivity index (χ0v) is 32.0. The first-order valence-corrected chi connectivity index (χ1v) is 17.2. The minimum absolute atomic E-state index is 0.00992. The molecule has 0 bridgehead atoms. The summed E-state index contributed by atoms with van der Waals surface area (Å²) >= 11 is 0. The number of nitrogens with one attached hydrogen (secondary N) is 1. The highest BCUT2D eigenvalue weighted by Gasteiger charge is 2.34. The number of hydrogen-bond acceptors (Lipinski definition) is 14. The van der Waals surface area contributed by atoms with E-state index in [0.717, 1.165) is 6.42 Å². The van der Waals surface area contributed by atoms with Gasteiger partial charge in [-0.3, -0.25) is 33.6 Å². The fourth-order valence-electron chi connectivity index (χ4n) is 4.29. The number of carboxylic acids is 2. The third kappa shape index (κ3) is 25.5. The topological polar surface area (TPSA) is 264 Å². The van der Waals surface area contributed by atoms with Gasteiger partial charge >= 0.3 is 36.1 Å². The predicted molar refractivity (Wildman–Crippen MR) is 183 cm³/mol. The Hall–Kier alpha value is -4.48. The Bertz CT molecular complexity index is 1160. The van der Waals surface area contributed by atoms with Gasteiger partial charge in [0.2, 0.25) is 12.6 Å². The van der Waals surface area contributed by atoms with E-state index < -0.39 is 60.5 Å². The molecular formula is C34H59N3O15. The first-order chi connectivity index (χ1) is 24.0. The third-order valence-corrected chi connectivity index (χ3v) is 6.62. The molecular weight excluding hydrogens is 690 g/mol. The van der Waals surface area contributed by atoms with Crippen LogP contribution in [0.3, 0.4) is 0 Å². The van der Waals surface area contributed by atoms with Crippen molar-refractivity contribution in [2.75, 3.05) is 13.1 Å². The van der Waals surface area contributed by atoms with Crippen molar-refractivity contribution in [1.82, 2.24) is 10.4 Å². The van der Waals surface area contributed by atoms with Gasteiger partial charge in [-0.1, -0.05) is 60.5 Å². The minimum atomic E-state index is -1.28. The van der Waals surface area contributed by atoms with E-state index >= 15 is 0 Å². The number of hydroxylamine groups is 2. The summed E-state index contributed by atoms with van der Waals surface area (Å²) in [6.45, 7) is 18.2. The summed E-state index contributed by atoms with van der Waals surface area (Å²) in [4.78, 5) is 93.3. The highest BCUT2D eigenvalue weighted by atomic mass is 16.9. The van der Waals surface area contributed by atoms with Crippen LogP contribution >= 0.6 is 0 Å². The number of aliphatic carboxylic acids is 2. The fourth-order valence-corrected chi connectivity index (χ4v) is 4.29. The summed E-state index contributed by atoms with van der Waals surface area (Å²) < 4.78 is 19.1. The van der Waals surface area contributed by atoms with Gasteiger partial charge < -0.3 is 40.2 Å². The summed E-state index contributed by atoms with van der Waals surface area (Å²) in [6, 6.07) is 0. The lowest BCUT2D eigenvalue weighted by Gasteiger charge is -2.19. The molecule has 1 aliphatic rings. The number of carbonyl (C=O) groups excluding carboxylic acids is 6. The molecule has 1 saturated heterocycles. The Labute approximate surface area is 305 Å². The molecule has 0 aliphatic carbocycles. The average molecular weight is 750 g/mol. The smallest absolute Gasteiger partial charge is 0.481 e. The van der Waals surface area contributed by atoms with Gasteiger partial charge in [-0.05, 0) is 43.1 Å². The molecule has 18 nitrogen and oxygen atoms in total. The number of ether oxygens (including phenoxy) is 4. The van der Waals surface area contributed by atoms with Crippen molar-refractivity contribution in [2.24, 2.45) is 41.2 Å². The zero-order valence-electron chi connectivity index (χ0n) is 32.0. The average Bonchev–Trinajstić information content (AvgIpc) is 3.30. The Kier molecular flexibility index (Phi) is 25.1. The monoisotopic (exact) mass is 749 g/mol. The van der Waals surface area contributed by atoms with Crippen LogP contribution < -0.4 is 11.1 Å². The molecule has 1 aliphatic heterocycles. The van der Waals surface area contributed by atoms with Crippen LogP contribution in [0.5, 0.6) is 0 Å². The number of nitrogens with zero attached hydrogens (tertiary/aromatic N) is 1. The molecule has 18 heteroatoms. The molecule has 4 atom stereocenters. The van der Waals surface area contributed by atoms with Gasteiger partial charge in [0.05, 0.1) is 11.8 Å². The molecule has 300 valence electrons. The van der Waals surface area contributed by atoms with Crippen LogP contribution in [0.4, 0.5) is 9.59 Å². The summed E-state index contributed by atoms with van der Waals surface area (Å²) in [6.07, 6.45) is -2.42. The van der Waals surface area contributed by atoms with Crippen molar-refractivity contribution in [3.05, 3.63) is 0 Å². The standard InChI is InChI=1S/C15H27NO6.C11H15NO7.C8H17NO2/c1-9(2)6-12(7-13(17)18)8-16-15(20)22-11(5)21-14(19)10(3)4;1-6(2)10(15)17-7(3)18-11(16)19-12-8(13)4-5-9(12)14;1-6(2)3-7(5-9)4-8(10)11/h9-12H,6-8H2,1-5H3,(H,16,20)(H,17,18);6-7H,4-5H2,1-3H3;6-7H,3-5,9H2,1-2H3,(H,10,11)/t11-,12+;2*7-/m110/s1. The van der Waals surface area contributed by atoms with Crippen LogP contribution in [0.1, 0.15) is 108 Å². The normalized spacial score (nSPS) is 14.6. The number of imide groups is 1. The number of amides is 3. The zero-order chi connectivity index (χ0) is 40.7. The summed E-state index contributed by atoms with van der Waals surface area (Å²) in [5.74, 6) is -3.73. The Balaban J connectivity index is 0. The van der Waals surface area contributed by atoms with Gasteiger partial charge in [0.1, 0.15) is 0 Å². The maximum absolute atomic E-state index is 11.6. The lowest BCUT2D eigenvalue weighted by atomic mass is 9.94. The number of alkyl carbamates (subject to hydrolysis) is 1. The molecule has 0 aromatic heterocycles. The van der Waals surface area contributed by atoms with Gasteiger partial charge in [0.25, 0.3) is 11.8 Å². The number of carbonyl (C=O) groups is 8. The molecule has 52 heavy (non-hydrogen) atoms. The number of esters is 2. The molecule has 0 aromatic rings. The van der Waals surface area contributed by atoms with Crippen LogP contribution in [0.2, 0.25) is 0 Å². The van der Waals surface area contributed by atoms with E-state index in [4.69, 9.17) is 30.2 Å². The maximum Gasteiger partial charge on any atom is 0.537 e. The van der Waals surface area contributed by atoms with Gasteiger partial charge in [-0.2, -0.15) is 0 Å². The van der Waals surface area contributed by atoms with Crippen LogP contribution in [-0.4, -0.2) is 88.9 Å². The van der Waals surface area contributed by atoms with Gasteiger partial charge in [-0.15, -0.1) is 0 Å². The number of nitrogens with two attached hydrogens (primary N) is 1. The van der Waals surface area contributed by atoms with Crippen LogP contribution in [-0.2, 0) is 52.6 Å². The number of hydrogen-bond donors (Lipinski definition) is 4. The summed E-state index contributed by atoms with van der Waals surface area (Å²) in [7, 11) is 0. The van der Waals surface area contributed by atoms with E-state index in [2.05, 4.69) is 28.7 Å². The summed E-state index contributed by atoms with van der Waals surface area (Å²) in [5, 5.41) is 20.2. The third-order valence-electron chi connectivity index (χ3n) is 6.62. The lowest BCUT2D eigenvalue weighted by molar-refractivity contribution is -0.192. The molecule has 3 amide bonds. The molecule has 1 fully saturated rings. The van der Waals surface area contributed by atoms with Crippen molar-refractivity contribution in [3.63, 3.8) is 0 Å².